The summed E-state index contributed by atoms with van der Waals surface area (Å²) in [4.78, 5) is 23.4. The van der Waals surface area contributed by atoms with Crippen molar-refractivity contribution in [2.24, 2.45) is 11.8 Å². The third-order valence-electron chi connectivity index (χ3n) is 3.90. The average molecular weight is 340 g/mol. The second-order valence-corrected chi connectivity index (χ2v) is 6.18. The molecule has 2 rings (SSSR count). The quantitative estimate of drug-likeness (QED) is 0.885. The standard InChI is InChI=1S/C15H18BrNO3/c1-9(10-5-7-11(16)8-6-10)17-14(18)12-3-2-4-13(12)15(19)20/h5-9,12-13H,2-4H2,1H3,(H,17,18)(H,19,20). The summed E-state index contributed by atoms with van der Waals surface area (Å²) in [5.41, 5.74) is 1.01. The van der Waals surface area contributed by atoms with Gasteiger partial charge in [-0.1, -0.05) is 34.5 Å². The van der Waals surface area contributed by atoms with Gasteiger partial charge in [0.05, 0.1) is 17.9 Å². The summed E-state index contributed by atoms with van der Waals surface area (Å²) >= 11 is 3.37. The largest absolute Gasteiger partial charge is 0.481 e. The Morgan fingerprint density at radius 2 is 1.85 bits per heavy atom. The Morgan fingerprint density at radius 3 is 2.45 bits per heavy atom. The van der Waals surface area contributed by atoms with Crippen LogP contribution in [0.4, 0.5) is 0 Å². The van der Waals surface area contributed by atoms with E-state index in [0.29, 0.717) is 12.8 Å². The van der Waals surface area contributed by atoms with Gasteiger partial charge in [0, 0.05) is 4.47 Å². The van der Waals surface area contributed by atoms with Crippen LogP contribution in [0.2, 0.25) is 0 Å². The normalized spacial score (nSPS) is 23.3. The van der Waals surface area contributed by atoms with Crippen molar-refractivity contribution in [3.05, 3.63) is 34.3 Å². The molecule has 0 aromatic heterocycles. The zero-order chi connectivity index (χ0) is 14.7. The van der Waals surface area contributed by atoms with Crippen LogP contribution in [0, 0.1) is 11.8 Å². The Balaban J connectivity index is 2.00. The summed E-state index contributed by atoms with van der Waals surface area (Å²) in [5.74, 6) is -1.94. The lowest BCUT2D eigenvalue weighted by Gasteiger charge is -2.20. The van der Waals surface area contributed by atoms with Gasteiger partial charge in [-0.15, -0.1) is 0 Å². The summed E-state index contributed by atoms with van der Waals surface area (Å²) < 4.78 is 0.988. The van der Waals surface area contributed by atoms with Gasteiger partial charge in [0.2, 0.25) is 5.91 Å². The van der Waals surface area contributed by atoms with Gasteiger partial charge >= 0.3 is 5.97 Å². The summed E-state index contributed by atoms with van der Waals surface area (Å²) in [7, 11) is 0. The molecular weight excluding hydrogens is 322 g/mol. The highest BCUT2D eigenvalue weighted by Gasteiger charge is 2.38. The van der Waals surface area contributed by atoms with Crippen molar-refractivity contribution < 1.29 is 14.7 Å². The summed E-state index contributed by atoms with van der Waals surface area (Å²) in [6.07, 6.45) is 2.07. The molecule has 0 radical (unpaired) electrons. The number of nitrogens with one attached hydrogen (secondary N) is 1. The predicted molar refractivity (Wildman–Crippen MR) is 79.2 cm³/mol. The lowest BCUT2D eigenvalue weighted by atomic mass is 9.94. The van der Waals surface area contributed by atoms with Gasteiger partial charge in [-0.05, 0) is 37.5 Å². The van der Waals surface area contributed by atoms with E-state index in [1.165, 1.54) is 0 Å². The van der Waals surface area contributed by atoms with Gasteiger partial charge in [-0.25, -0.2) is 0 Å². The van der Waals surface area contributed by atoms with Gasteiger partial charge < -0.3 is 10.4 Å². The Bertz CT molecular complexity index is 500. The molecule has 2 N–H and O–H groups in total. The van der Waals surface area contributed by atoms with Crippen LogP contribution in [0.1, 0.15) is 37.8 Å². The van der Waals surface area contributed by atoms with Crippen molar-refractivity contribution in [1.29, 1.82) is 0 Å². The van der Waals surface area contributed by atoms with Crippen molar-refractivity contribution in [3.63, 3.8) is 0 Å². The van der Waals surface area contributed by atoms with Gasteiger partial charge in [0.1, 0.15) is 0 Å². The van der Waals surface area contributed by atoms with E-state index in [9.17, 15) is 9.59 Å². The van der Waals surface area contributed by atoms with Crippen molar-refractivity contribution in [1.82, 2.24) is 5.32 Å². The van der Waals surface area contributed by atoms with Crippen LogP contribution < -0.4 is 5.32 Å². The maximum atomic E-state index is 12.2. The molecule has 0 spiro atoms. The Labute approximate surface area is 126 Å². The molecule has 1 aliphatic rings. The van der Waals surface area contributed by atoms with Gasteiger partial charge in [0.15, 0.2) is 0 Å². The van der Waals surface area contributed by atoms with Crippen LogP contribution in [-0.2, 0) is 9.59 Å². The highest BCUT2D eigenvalue weighted by Crippen LogP contribution is 2.32. The fourth-order valence-electron chi connectivity index (χ4n) is 2.72. The first-order chi connectivity index (χ1) is 9.49. The fraction of sp³-hybridized carbons (Fsp3) is 0.467. The SMILES string of the molecule is CC(NC(=O)C1CCCC1C(=O)O)c1ccc(Br)cc1. The molecule has 0 heterocycles. The van der Waals surface area contributed by atoms with Gasteiger partial charge in [-0.3, -0.25) is 9.59 Å². The molecule has 1 aliphatic carbocycles. The molecule has 0 bridgehead atoms. The Morgan fingerprint density at radius 1 is 1.25 bits per heavy atom. The zero-order valence-corrected chi connectivity index (χ0v) is 12.9. The molecule has 1 saturated carbocycles. The molecule has 0 aliphatic heterocycles. The third kappa shape index (κ3) is 3.39. The molecule has 1 aromatic rings. The highest BCUT2D eigenvalue weighted by molar-refractivity contribution is 9.10. The van der Waals surface area contributed by atoms with Crippen molar-refractivity contribution in [2.45, 2.75) is 32.2 Å². The average Bonchev–Trinajstić information content (AvgIpc) is 2.88. The van der Waals surface area contributed by atoms with E-state index in [4.69, 9.17) is 5.11 Å². The number of carboxylic acids is 1. The monoisotopic (exact) mass is 339 g/mol. The molecule has 3 unspecified atom stereocenters. The first-order valence-electron chi connectivity index (χ1n) is 6.77. The van der Waals surface area contributed by atoms with Crippen LogP contribution in [0.3, 0.4) is 0 Å². The number of carbonyl (C=O) groups is 2. The molecule has 108 valence electrons. The number of hydrogen-bond donors (Lipinski definition) is 2. The molecule has 1 aromatic carbocycles. The predicted octanol–water partition coefficient (Wildman–Crippen LogP) is 3.13. The van der Waals surface area contributed by atoms with Crippen LogP contribution in [0.25, 0.3) is 0 Å². The molecule has 3 atom stereocenters. The van der Waals surface area contributed by atoms with Gasteiger partial charge in [0.25, 0.3) is 0 Å². The zero-order valence-electron chi connectivity index (χ0n) is 11.3. The molecule has 20 heavy (non-hydrogen) atoms. The summed E-state index contributed by atoms with van der Waals surface area (Å²) in [6, 6.07) is 7.61. The molecule has 5 heteroatoms. The second-order valence-electron chi connectivity index (χ2n) is 5.26. The van der Waals surface area contributed by atoms with Crippen LogP contribution in [0.5, 0.6) is 0 Å². The minimum atomic E-state index is -0.862. The molecule has 1 fully saturated rings. The number of carboxylic acid groups (broad SMARTS) is 1. The molecule has 1 amide bonds. The summed E-state index contributed by atoms with van der Waals surface area (Å²) in [6.45, 7) is 1.91. The molecule has 4 nitrogen and oxygen atoms in total. The van der Waals surface area contributed by atoms with E-state index >= 15 is 0 Å². The van der Waals surface area contributed by atoms with E-state index in [1.807, 2.05) is 31.2 Å². The number of amides is 1. The Kier molecular flexibility index (Phi) is 4.81. The third-order valence-corrected chi connectivity index (χ3v) is 4.43. The van der Waals surface area contributed by atoms with Crippen molar-refractivity contribution in [3.8, 4) is 0 Å². The lowest BCUT2D eigenvalue weighted by Crippen LogP contribution is -2.36. The van der Waals surface area contributed by atoms with E-state index in [2.05, 4.69) is 21.2 Å². The smallest absolute Gasteiger partial charge is 0.307 e. The number of benzene rings is 1. The maximum Gasteiger partial charge on any atom is 0.307 e. The van der Waals surface area contributed by atoms with Crippen LogP contribution in [0.15, 0.2) is 28.7 Å². The maximum absolute atomic E-state index is 12.2. The first kappa shape index (κ1) is 15.0. The number of aliphatic carboxylic acids is 1. The molecular formula is C15H18BrNO3. The second kappa shape index (κ2) is 6.39. The van der Waals surface area contributed by atoms with Crippen LogP contribution in [-0.4, -0.2) is 17.0 Å². The number of carbonyl (C=O) groups excluding carboxylic acids is 1. The minimum absolute atomic E-state index is 0.120. The first-order valence-corrected chi connectivity index (χ1v) is 7.57. The topological polar surface area (TPSA) is 66.4 Å². The Hall–Kier alpha value is -1.36. The van der Waals surface area contributed by atoms with Crippen LogP contribution >= 0.6 is 15.9 Å². The highest BCUT2D eigenvalue weighted by atomic mass is 79.9. The van der Waals surface area contributed by atoms with E-state index in [-0.39, 0.29) is 11.9 Å². The minimum Gasteiger partial charge on any atom is -0.481 e. The number of rotatable bonds is 4. The number of halogens is 1. The fourth-order valence-corrected chi connectivity index (χ4v) is 2.99. The summed E-state index contributed by atoms with van der Waals surface area (Å²) in [5, 5.41) is 12.1. The van der Waals surface area contributed by atoms with E-state index < -0.39 is 17.8 Å². The van der Waals surface area contributed by atoms with Crippen molar-refractivity contribution >= 4 is 27.8 Å². The van der Waals surface area contributed by atoms with E-state index in [1.54, 1.807) is 0 Å². The van der Waals surface area contributed by atoms with Gasteiger partial charge in [-0.2, -0.15) is 0 Å². The molecule has 0 saturated heterocycles. The van der Waals surface area contributed by atoms with E-state index in [0.717, 1.165) is 16.5 Å². The number of hydrogen-bond acceptors (Lipinski definition) is 2. The van der Waals surface area contributed by atoms with Crippen molar-refractivity contribution in [2.75, 3.05) is 0 Å². The lowest BCUT2D eigenvalue weighted by molar-refractivity contribution is -0.146.